The molecule has 0 bridgehead atoms. The van der Waals surface area contributed by atoms with Gasteiger partial charge in [0.25, 0.3) is 0 Å². The molecule has 0 fully saturated rings. The summed E-state index contributed by atoms with van der Waals surface area (Å²) in [6.45, 7) is -4.10. The van der Waals surface area contributed by atoms with Gasteiger partial charge >= 0.3 is 6.55 Å². The summed E-state index contributed by atoms with van der Waals surface area (Å²) in [4.78, 5) is 19.4. The highest BCUT2D eigenvalue weighted by molar-refractivity contribution is 7.92. The Morgan fingerprint density at radius 1 is 1.14 bits per heavy atom. The second-order valence-corrected chi connectivity index (χ2v) is 10.0. The third-order valence-corrected chi connectivity index (χ3v) is 6.66. The Labute approximate surface area is 203 Å². The lowest BCUT2D eigenvalue weighted by Crippen LogP contribution is -2.31. The van der Waals surface area contributed by atoms with Gasteiger partial charge in [-0.3, -0.25) is 14.0 Å². The quantitative estimate of drug-likeness (QED) is 0.342. The van der Waals surface area contributed by atoms with E-state index in [9.17, 15) is 30.8 Å². The molecule has 36 heavy (non-hydrogen) atoms. The van der Waals surface area contributed by atoms with Crippen LogP contribution in [-0.4, -0.2) is 44.1 Å². The van der Waals surface area contributed by atoms with Crippen LogP contribution in [-0.2, 0) is 27.8 Å². The van der Waals surface area contributed by atoms with E-state index in [0.717, 1.165) is 28.3 Å². The van der Waals surface area contributed by atoms with Crippen molar-refractivity contribution in [3.63, 3.8) is 0 Å². The number of aromatic nitrogens is 2. The number of anilines is 5. The lowest BCUT2D eigenvalue weighted by molar-refractivity contribution is -0.115. The minimum atomic E-state index is -3.69. The van der Waals surface area contributed by atoms with Crippen LogP contribution in [0.5, 0.6) is 0 Å². The first-order chi connectivity index (χ1) is 16.9. The molecule has 1 amide bonds. The van der Waals surface area contributed by atoms with Gasteiger partial charge in [-0.2, -0.15) is 13.8 Å². The Balaban J connectivity index is 1.63. The molecule has 0 radical (unpaired) electrons. The highest BCUT2D eigenvalue weighted by Crippen LogP contribution is 2.30. The molecule has 1 aliphatic heterocycles. The minimum Gasteiger partial charge on any atom is -0.325 e. The molecule has 2 heterocycles. The molecule has 3 aromatic rings. The summed E-state index contributed by atoms with van der Waals surface area (Å²) < 4.78 is 81.4. The van der Waals surface area contributed by atoms with Crippen LogP contribution in [0.15, 0.2) is 42.6 Å². The van der Waals surface area contributed by atoms with Crippen molar-refractivity contribution in [3.05, 3.63) is 65.4 Å². The number of alkyl halides is 2. The van der Waals surface area contributed by atoms with E-state index in [1.807, 2.05) is 0 Å². The Hall–Kier alpha value is -3.94. The zero-order valence-corrected chi connectivity index (χ0v) is 19.8. The number of amides is 1. The van der Waals surface area contributed by atoms with Gasteiger partial charge in [-0.05, 0) is 35.9 Å². The Bertz CT molecular complexity index is 1440. The largest absolute Gasteiger partial charge is 0.325 e. The predicted octanol–water partition coefficient (Wildman–Crippen LogP) is 3.62. The number of hydrogen-bond donors (Lipinski definition) is 2. The first-order valence-corrected chi connectivity index (χ1v) is 12.3. The number of nitrogens with one attached hydrogen (secondary N) is 2. The van der Waals surface area contributed by atoms with Crippen molar-refractivity contribution in [2.75, 3.05) is 33.1 Å². The van der Waals surface area contributed by atoms with E-state index in [4.69, 9.17) is 0 Å². The van der Waals surface area contributed by atoms with Crippen molar-refractivity contribution in [1.29, 1.82) is 0 Å². The molecule has 0 aliphatic carbocycles. The topological polar surface area (TPSA) is 108 Å². The third kappa shape index (κ3) is 5.32. The normalized spacial score (nSPS) is 12.9. The number of carbonyl (C=O) groups excluding carboxylic acids is 1. The van der Waals surface area contributed by atoms with Gasteiger partial charge in [-0.15, -0.1) is 0 Å². The van der Waals surface area contributed by atoms with Crippen LogP contribution in [0.25, 0.3) is 0 Å². The van der Waals surface area contributed by atoms with Gasteiger partial charge in [0.15, 0.2) is 11.6 Å². The Morgan fingerprint density at radius 2 is 1.89 bits per heavy atom. The highest BCUT2D eigenvalue weighted by atomic mass is 32.2. The maximum atomic E-state index is 14.6. The van der Waals surface area contributed by atoms with Crippen LogP contribution in [0.3, 0.4) is 0 Å². The average molecular weight is 525 g/mol. The first-order valence-electron chi connectivity index (χ1n) is 10.4. The fourth-order valence-electron chi connectivity index (χ4n) is 3.53. The standard InChI is InChI=1S/C22H20F4N6O3S/c1-31(36(2,34)35)15-5-6-16(23)13(7-15)11-32(21(25)26)20-17(24)10-27-22(30-20)28-14-4-3-12-8-19(33)29-18(12)9-14/h3-7,9-10,21H,8,11H2,1-2H3,(H,29,33)(H,27,28,30). The SMILES string of the molecule is CN(c1ccc(F)c(CN(c2nc(Nc3ccc4c(c3)NC(=O)C4)ncc2F)C(F)F)c1)S(C)(=O)=O. The second kappa shape index (κ2) is 9.60. The maximum Gasteiger partial charge on any atom is 0.316 e. The van der Waals surface area contributed by atoms with Crippen LogP contribution in [0.1, 0.15) is 11.1 Å². The number of carbonyl (C=O) groups is 1. The van der Waals surface area contributed by atoms with Crippen LogP contribution < -0.4 is 19.8 Å². The molecular weight excluding hydrogens is 504 g/mol. The molecule has 0 atom stereocenters. The number of rotatable bonds is 8. The van der Waals surface area contributed by atoms with E-state index >= 15 is 0 Å². The molecular formula is C22H20F4N6O3S. The molecule has 0 spiro atoms. The Morgan fingerprint density at radius 3 is 2.58 bits per heavy atom. The molecule has 190 valence electrons. The highest BCUT2D eigenvalue weighted by Gasteiger charge is 2.25. The monoisotopic (exact) mass is 524 g/mol. The van der Waals surface area contributed by atoms with Gasteiger partial charge in [0, 0.05) is 24.0 Å². The molecule has 0 unspecified atom stereocenters. The molecule has 0 saturated carbocycles. The van der Waals surface area contributed by atoms with Gasteiger partial charge in [-0.1, -0.05) is 6.07 Å². The smallest absolute Gasteiger partial charge is 0.316 e. The molecule has 2 N–H and O–H groups in total. The summed E-state index contributed by atoms with van der Waals surface area (Å²) in [6, 6.07) is 8.11. The summed E-state index contributed by atoms with van der Waals surface area (Å²) in [6.07, 6.45) is 1.86. The summed E-state index contributed by atoms with van der Waals surface area (Å²) in [7, 11) is -2.47. The van der Waals surface area contributed by atoms with Crippen LogP contribution in [0.4, 0.5) is 46.4 Å². The van der Waals surface area contributed by atoms with Crippen molar-refractivity contribution in [3.8, 4) is 0 Å². The number of fused-ring (bicyclic) bond motifs is 1. The zero-order valence-electron chi connectivity index (χ0n) is 19.0. The van der Waals surface area contributed by atoms with E-state index in [1.54, 1.807) is 18.2 Å². The zero-order chi connectivity index (χ0) is 26.2. The fraction of sp³-hybridized carbons (Fsp3) is 0.227. The number of hydrogen-bond acceptors (Lipinski definition) is 7. The van der Waals surface area contributed by atoms with Gasteiger partial charge in [0.2, 0.25) is 21.9 Å². The fourth-order valence-corrected chi connectivity index (χ4v) is 4.03. The summed E-state index contributed by atoms with van der Waals surface area (Å²) in [5.41, 5.74) is 1.50. The predicted molar refractivity (Wildman–Crippen MR) is 126 cm³/mol. The van der Waals surface area contributed by atoms with E-state index < -0.39 is 40.6 Å². The average Bonchev–Trinajstić information content (AvgIpc) is 3.18. The molecule has 2 aromatic carbocycles. The van der Waals surface area contributed by atoms with Crippen molar-refractivity contribution >= 4 is 44.8 Å². The number of nitrogens with zero attached hydrogens (tertiary/aromatic N) is 4. The Kier molecular flexibility index (Phi) is 6.71. The molecule has 4 rings (SSSR count). The van der Waals surface area contributed by atoms with E-state index in [2.05, 4.69) is 20.6 Å². The van der Waals surface area contributed by atoms with Crippen molar-refractivity contribution < 1.29 is 30.8 Å². The summed E-state index contributed by atoms with van der Waals surface area (Å²) in [5, 5.41) is 5.43. The van der Waals surface area contributed by atoms with Gasteiger partial charge in [0.1, 0.15) is 5.82 Å². The number of sulfonamides is 1. The van der Waals surface area contributed by atoms with E-state index in [-0.39, 0.29) is 34.4 Å². The van der Waals surface area contributed by atoms with Crippen LogP contribution >= 0.6 is 0 Å². The third-order valence-electron chi connectivity index (χ3n) is 5.46. The van der Waals surface area contributed by atoms with Crippen molar-refractivity contribution in [1.82, 2.24) is 9.97 Å². The molecule has 1 aromatic heterocycles. The van der Waals surface area contributed by atoms with Crippen LogP contribution in [0.2, 0.25) is 0 Å². The molecule has 9 nitrogen and oxygen atoms in total. The van der Waals surface area contributed by atoms with E-state index in [1.165, 1.54) is 13.1 Å². The van der Waals surface area contributed by atoms with Crippen molar-refractivity contribution in [2.24, 2.45) is 0 Å². The molecule has 1 aliphatic rings. The van der Waals surface area contributed by atoms with Gasteiger partial charge in [0.05, 0.1) is 31.1 Å². The number of halogens is 4. The first kappa shape index (κ1) is 25.2. The van der Waals surface area contributed by atoms with Gasteiger partial charge < -0.3 is 10.6 Å². The minimum absolute atomic E-state index is 0.0392. The van der Waals surface area contributed by atoms with E-state index in [0.29, 0.717) is 17.6 Å². The maximum absolute atomic E-state index is 14.6. The number of benzene rings is 2. The lowest BCUT2D eigenvalue weighted by Gasteiger charge is -2.24. The van der Waals surface area contributed by atoms with Crippen molar-refractivity contribution in [2.45, 2.75) is 19.5 Å². The van der Waals surface area contributed by atoms with Gasteiger partial charge in [-0.25, -0.2) is 22.2 Å². The lowest BCUT2D eigenvalue weighted by atomic mass is 10.1. The molecule has 14 heteroatoms. The second-order valence-electron chi connectivity index (χ2n) is 8.00. The summed E-state index contributed by atoms with van der Waals surface area (Å²) in [5.74, 6) is -3.24. The molecule has 0 saturated heterocycles. The van der Waals surface area contributed by atoms with Crippen LogP contribution in [0, 0.1) is 11.6 Å². The summed E-state index contributed by atoms with van der Waals surface area (Å²) >= 11 is 0.